The molecule has 0 radical (unpaired) electrons. The van der Waals surface area contributed by atoms with Crippen LogP contribution >= 0.6 is 0 Å². The van der Waals surface area contributed by atoms with Crippen LogP contribution in [0.5, 0.6) is 0 Å². The minimum absolute atomic E-state index is 0.0584. The van der Waals surface area contributed by atoms with Crippen LogP contribution in [0.25, 0.3) is 0 Å². The lowest BCUT2D eigenvalue weighted by Gasteiger charge is -2.25. The highest BCUT2D eigenvalue weighted by atomic mass is 16.4. The van der Waals surface area contributed by atoms with Crippen molar-refractivity contribution in [3.8, 4) is 0 Å². The van der Waals surface area contributed by atoms with Gasteiger partial charge in [-0.05, 0) is 25.2 Å². The highest BCUT2D eigenvalue weighted by Crippen LogP contribution is 2.24. The first-order valence-corrected chi connectivity index (χ1v) is 5.87. The molecular weight excluding hydrogens is 224 g/mol. The van der Waals surface area contributed by atoms with Crippen LogP contribution in [0.2, 0.25) is 0 Å². The Morgan fingerprint density at radius 3 is 2.41 bits per heavy atom. The van der Waals surface area contributed by atoms with Gasteiger partial charge in [0.1, 0.15) is 0 Å². The second-order valence-corrected chi connectivity index (χ2v) is 4.30. The molecule has 1 saturated carbocycles. The highest BCUT2D eigenvalue weighted by Gasteiger charge is 2.18. The number of carbonyl (C=O) groups is 3. The number of hydrogen-bond acceptors (Lipinski definition) is 3. The van der Waals surface area contributed by atoms with Crippen molar-refractivity contribution >= 4 is 17.9 Å². The Balaban J connectivity index is 2.03. The molecule has 0 aromatic rings. The molecule has 1 fully saturated rings. The molecular formula is C11H18N2O4. The Morgan fingerprint density at radius 2 is 1.88 bits per heavy atom. The zero-order valence-electron chi connectivity index (χ0n) is 9.70. The lowest BCUT2D eigenvalue weighted by atomic mass is 9.85. The van der Waals surface area contributed by atoms with E-state index in [0.29, 0.717) is 12.5 Å². The third-order valence-corrected chi connectivity index (χ3v) is 2.82. The SMILES string of the molecule is O=C(O)CCCC(=O)NC(=O)NCC1CCC1. The number of aliphatic carboxylic acids is 1. The molecule has 0 aliphatic heterocycles. The van der Waals surface area contributed by atoms with Crippen LogP contribution in [-0.2, 0) is 9.59 Å². The van der Waals surface area contributed by atoms with Crippen molar-refractivity contribution in [3.05, 3.63) is 0 Å². The summed E-state index contributed by atoms with van der Waals surface area (Å²) in [6.45, 7) is 0.605. The number of carboxylic acid groups (broad SMARTS) is 1. The fraction of sp³-hybridized carbons (Fsp3) is 0.727. The van der Waals surface area contributed by atoms with Crippen LogP contribution in [0.1, 0.15) is 38.5 Å². The summed E-state index contributed by atoms with van der Waals surface area (Å²) in [6.07, 6.45) is 3.72. The van der Waals surface area contributed by atoms with E-state index in [9.17, 15) is 14.4 Å². The molecule has 0 spiro atoms. The summed E-state index contributed by atoms with van der Waals surface area (Å²) >= 11 is 0. The van der Waals surface area contributed by atoms with Gasteiger partial charge in [0.05, 0.1) is 0 Å². The van der Waals surface area contributed by atoms with E-state index in [0.717, 1.165) is 12.8 Å². The Kier molecular flexibility index (Phi) is 5.45. The van der Waals surface area contributed by atoms with E-state index in [2.05, 4.69) is 10.6 Å². The lowest BCUT2D eigenvalue weighted by molar-refractivity contribution is -0.137. The minimum atomic E-state index is -0.938. The average Bonchev–Trinajstić information content (AvgIpc) is 2.14. The molecule has 3 N–H and O–H groups in total. The fourth-order valence-electron chi connectivity index (χ4n) is 1.57. The second kappa shape index (κ2) is 6.88. The number of carboxylic acids is 1. The average molecular weight is 242 g/mol. The smallest absolute Gasteiger partial charge is 0.321 e. The normalized spacial score (nSPS) is 14.8. The van der Waals surface area contributed by atoms with Crippen molar-refractivity contribution in [2.24, 2.45) is 5.92 Å². The Hall–Kier alpha value is -1.59. The fourth-order valence-corrected chi connectivity index (χ4v) is 1.57. The Labute approximate surface area is 99.8 Å². The van der Waals surface area contributed by atoms with Gasteiger partial charge in [0, 0.05) is 19.4 Å². The van der Waals surface area contributed by atoms with Crippen molar-refractivity contribution in [1.82, 2.24) is 10.6 Å². The topological polar surface area (TPSA) is 95.5 Å². The van der Waals surface area contributed by atoms with Crippen molar-refractivity contribution in [2.45, 2.75) is 38.5 Å². The zero-order valence-corrected chi connectivity index (χ0v) is 9.70. The molecule has 17 heavy (non-hydrogen) atoms. The van der Waals surface area contributed by atoms with Gasteiger partial charge in [0.2, 0.25) is 5.91 Å². The first-order valence-electron chi connectivity index (χ1n) is 5.87. The first-order chi connectivity index (χ1) is 8.08. The summed E-state index contributed by atoms with van der Waals surface area (Å²) in [5.74, 6) is -0.826. The number of hydrogen-bond donors (Lipinski definition) is 3. The molecule has 0 saturated heterocycles. The molecule has 0 heterocycles. The maximum absolute atomic E-state index is 11.2. The lowest BCUT2D eigenvalue weighted by Crippen LogP contribution is -2.42. The van der Waals surface area contributed by atoms with Gasteiger partial charge in [0.25, 0.3) is 0 Å². The van der Waals surface area contributed by atoms with Crippen molar-refractivity contribution in [3.63, 3.8) is 0 Å². The zero-order chi connectivity index (χ0) is 12.7. The van der Waals surface area contributed by atoms with Crippen LogP contribution < -0.4 is 10.6 Å². The molecule has 6 heteroatoms. The van der Waals surface area contributed by atoms with E-state index >= 15 is 0 Å². The van der Waals surface area contributed by atoms with E-state index in [4.69, 9.17) is 5.11 Å². The third-order valence-electron chi connectivity index (χ3n) is 2.82. The third kappa shape index (κ3) is 5.89. The molecule has 1 aliphatic rings. The van der Waals surface area contributed by atoms with Gasteiger partial charge in [-0.25, -0.2) is 4.79 Å². The maximum atomic E-state index is 11.2. The van der Waals surface area contributed by atoms with E-state index in [1.54, 1.807) is 0 Å². The van der Waals surface area contributed by atoms with E-state index in [1.165, 1.54) is 6.42 Å². The Morgan fingerprint density at radius 1 is 1.18 bits per heavy atom. The van der Waals surface area contributed by atoms with Gasteiger partial charge in [-0.3, -0.25) is 14.9 Å². The van der Waals surface area contributed by atoms with Crippen LogP contribution in [-0.4, -0.2) is 29.6 Å². The van der Waals surface area contributed by atoms with Crippen LogP contribution in [0.15, 0.2) is 0 Å². The van der Waals surface area contributed by atoms with Gasteiger partial charge in [-0.1, -0.05) is 6.42 Å². The first kappa shape index (κ1) is 13.5. The standard InChI is InChI=1S/C11H18N2O4/c14-9(5-2-6-10(15)16)13-11(17)12-7-8-3-1-4-8/h8H,1-7H2,(H,15,16)(H2,12,13,14,17). The summed E-state index contributed by atoms with van der Waals surface area (Å²) < 4.78 is 0. The number of amides is 3. The van der Waals surface area contributed by atoms with E-state index in [1.807, 2.05) is 0 Å². The number of carbonyl (C=O) groups excluding carboxylic acids is 2. The predicted molar refractivity (Wildman–Crippen MR) is 60.4 cm³/mol. The number of urea groups is 1. The van der Waals surface area contributed by atoms with Crippen molar-refractivity contribution in [2.75, 3.05) is 6.54 Å². The van der Waals surface area contributed by atoms with Crippen molar-refractivity contribution in [1.29, 1.82) is 0 Å². The van der Waals surface area contributed by atoms with Gasteiger partial charge < -0.3 is 10.4 Å². The molecule has 0 bridgehead atoms. The largest absolute Gasteiger partial charge is 0.481 e. The van der Waals surface area contributed by atoms with Crippen LogP contribution in [0.4, 0.5) is 4.79 Å². The summed E-state index contributed by atoms with van der Waals surface area (Å²) in [7, 11) is 0. The monoisotopic (exact) mass is 242 g/mol. The molecule has 1 aliphatic carbocycles. The van der Waals surface area contributed by atoms with E-state index in [-0.39, 0.29) is 19.3 Å². The van der Waals surface area contributed by atoms with Crippen LogP contribution in [0.3, 0.4) is 0 Å². The van der Waals surface area contributed by atoms with E-state index < -0.39 is 17.9 Å². The number of rotatable bonds is 6. The summed E-state index contributed by atoms with van der Waals surface area (Å²) in [6, 6.07) is -0.489. The molecule has 0 aromatic carbocycles. The maximum Gasteiger partial charge on any atom is 0.321 e. The number of imide groups is 1. The van der Waals surface area contributed by atoms with Gasteiger partial charge >= 0.3 is 12.0 Å². The molecule has 0 aromatic heterocycles. The van der Waals surface area contributed by atoms with Crippen molar-refractivity contribution < 1.29 is 19.5 Å². The minimum Gasteiger partial charge on any atom is -0.481 e. The molecule has 6 nitrogen and oxygen atoms in total. The quantitative estimate of drug-likeness (QED) is 0.644. The highest BCUT2D eigenvalue weighted by molar-refractivity contribution is 5.94. The summed E-state index contributed by atoms with van der Waals surface area (Å²) in [5, 5.41) is 13.2. The van der Waals surface area contributed by atoms with Gasteiger partial charge in [-0.15, -0.1) is 0 Å². The van der Waals surface area contributed by atoms with Gasteiger partial charge in [0.15, 0.2) is 0 Å². The van der Waals surface area contributed by atoms with Gasteiger partial charge in [-0.2, -0.15) is 0 Å². The number of nitrogens with one attached hydrogen (secondary N) is 2. The molecule has 96 valence electrons. The molecule has 0 unspecified atom stereocenters. The summed E-state index contributed by atoms with van der Waals surface area (Å²) in [5.41, 5.74) is 0. The predicted octanol–water partition coefficient (Wildman–Crippen LogP) is 0.867. The van der Waals surface area contributed by atoms with Crippen LogP contribution in [0, 0.1) is 5.92 Å². The summed E-state index contributed by atoms with van der Waals surface area (Å²) in [4.78, 5) is 32.6. The second-order valence-electron chi connectivity index (χ2n) is 4.30. The Bertz CT molecular complexity index is 300. The molecule has 0 atom stereocenters. The molecule has 1 rings (SSSR count). The molecule has 3 amide bonds.